The molecule has 7 heteroatoms. The number of anilines is 1. The molecular formula is C24H30N4O2S. The monoisotopic (exact) mass is 438 g/mol. The lowest BCUT2D eigenvalue weighted by Gasteiger charge is -2.37. The van der Waals surface area contributed by atoms with Crippen LogP contribution in [0.2, 0.25) is 0 Å². The molecule has 1 N–H and O–H groups in total. The van der Waals surface area contributed by atoms with Crippen LogP contribution in [0.15, 0.2) is 48.5 Å². The molecule has 164 valence electrons. The topological polar surface area (TPSA) is 48.1 Å². The molecule has 4 rings (SSSR count). The van der Waals surface area contributed by atoms with Crippen molar-refractivity contribution in [1.82, 2.24) is 15.1 Å². The predicted octanol–water partition coefficient (Wildman–Crippen LogP) is 3.01. The van der Waals surface area contributed by atoms with Crippen molar-refractivity contribution >= 4 is 28.9 Å². The molecule has 0 radical (unpaired) electrons. The van der Waals surface area contributed by atoms with Gasteiger partial charge in [0.2, 0.25) is 5.91 Å². The zero-order valence-corrected chi connectivity index (χ0v) is 19.0. The number of rotatable bonds is 7. The lowest BCUT2D eigenvalue weighted by molar-refractivity contribution is -0.124. The Kier molecular flexibility index (Phi) is 6.73. The number of ether oxygens (including phenoxy) is 1. The second kappa shape index (κ2) is 9.66. The Morgan fingerprint density at radius 3 is 2.39 bits per heavy atom. The van der Waals surface area contributed by atoms with Gasteiger partial charge in [0.25, 0.3) is 0 Å². The second-order valence-corrected chi connectivity index (χ2v) is 8.74. The van der Waals surface area contributed by atoms with Gasteiger partial charge in [0.05, 0.1) is 24.9 Å². The number of hydrogen-bond acceptors (Lipinski definition) is 5. The second-order valence-electron chi connectivity index (χ2n) is 8.36. The van der Waals surface area contributed by atoms with E-state index in [9.17, 15) is 4.79 Å². The van der Waals surface area contributed by atoms with Gasteiger partial charge >= 0.3 is 0 Å². The predicted molar refractivity (Wildman–Crippen MR) is 127 cm³/mol. The standard InChI is InChI=1S/C24H30N4O2S/c1-18(2)30-22-9-4-3-8-21(22)27-12-10-26(11-13-27)16-19-6-5-7-20(14-19)17-28-23(29)15-25-24(28)31/h3-9,14,18H,10-13,15-17H2,1-2H3,(H,25,31). The number of para-hydroxylation sites is 2. The van der Waals surface area contributed by atoms with Gasteiger partial charge in [-0.15, -0.1) is 0 Å². The van der Waals surface area contributed by atoms with E-state index >= 15 is 0 Å². The third-order valence-electron chi connectivity index (χ3n) is 5.62. The highest BCUT2D eigenvalue weighted by molar-refractivity contribution is 7.80. The van der Waals surface area contributed by atoms with E-state index < -0.39 is 0 Å². The number of benzene rings is 2. The van der Waals surface area contributed by atoms with Crippen molar-refractivity contribution in [2.75, 3.05) is 37.6 Å². The normalized spacial score (nSPS) is 17.4. The van der Waals surface area contributed by atoms with Crippen molar-refractivity contribution in [2.24, 2.45) is 0 Å². The number of thiocarbonyl (C=S) groups is 1. The summed E-state index contributed by atoms with van der Waals surface area (Å²) < 4.78 is 6.01. The van der Waals surface area contributed by atoms with E-state index in [1.165, 1.54) is 11.3 Å². The van der Waals surface area contributed by atoms with Crippen LogP contribution < -0.4 is 15.0 Å². The lowest BCUT2D eigenvalue weighted by atomic mass is 10.1. The van der Waals surface area contributed by atoms with E-state index in [4.69, 9.17) is 17.0 Å². The minimum atomic E-state index is 0.0354. The Bertz CT molecular complexity index is 925. The molecule has 2 aliphatic rings. The highest BCUT2D eigenvalue weighted by Crippen LogP contribution is 2.29. The first-order valence-corrected chi connectivity index (χ1v) is 11.3. The summed E-state index contributed by atoms with van der Waals surface area (Å²) in [4.78, 5) is 18.5. The van der Waals surface area contributed by atoms with Crippen LogP contribution >= 0.6 is 12.2 Å². The lowest BCUT2D eigenvalue weighted by Crippen LogP contribution is -2.46. The summed E-state index contributed by atoms with van der Waals surface area (Å²) in [5.74, 6) is 0.996. The molecule has 0 aliphatic carbocycles. The molecule has 2 aromatic rings. The van der Waals surface area contributed by atoms with Crippen molar-refractivity contribution in [3.05, 3.63) is 59.7 Å². The minimum absolute atomic E-state index is 0.0354. The number of hydrogen-bond donors (Lipinski definition) is 1. The molecule has 2 heterocycles. The van der Waals surface area contributed by atoms with Crippen LogP contribution in [0.5, 0.6) is 5.75 Å². The van der Waals surface area contributed by atoms with Gasteiger partial charge in [-0.3, -0.25) is 14.6 Å². The maximum absolute atomic E-state index is 12.0. The van der Waals surface area contributed by atoms with E-state index in [1.54, 1.807) is 4.90 Å². The number of piperazine rings is 1. The first-order valence-electron chi connectivity index (χ1n) is 10.9. The number of carbonyl (C=O) groups excluding carboxylic acids is 1. The number of nitrogens with one attached hydrogen (secondary N) is 1. The highest BCUT2D eigenvalue weighted by atomic mass is 32.1. The maximum Gasteiger partial charge on any atom is 0.248 e. The Hall–Kier alpha value is -2.64. The van der Waals surface area contributed by atoms with Crippen molar-refractivity contribution in [2.45, 2.75) is 33.0 Å². The average molecular weight is 439 g/mol. The van der Waals surface area contributed by atoms with Gasteiger partial charge in [-0.2, -0.15) is 0 Å². The largest absolute Gasteiger partial charge is 0.489 e. The Morgan fingerprint density at radius 1 is 1.00 bits per heavy atom. The van der Waals surface area contributed by atoms with Gasteiger partial charge in [0.1, 0.15) is 5.75 Å². The zero-order chi connectivity index (χ0) is 21.8. The van der Waals surface area contributed by atoms with Crippen molar-refractivity contribution in [1.29, 1.82) is 0 Å². The zero-order valence-electron chi connectivity index (χ0n) is 18.2. The summed E-state index contributed by atoms with van der Waals surface area (Å²) in [5.41, 5.74) is 3.55. The Labute approximate surface area is 189 Å². The molecule has 0 bridgehead atoms. The van der Waals surface area contributed by atoms with Crippen molar-refractivity contribution in [3.63, 3.8) is 0 Å². The SMILES string of the molecule is CC(C)Oc1ccccc1N1CCN(Cc2cccc(CN3C(=O)CNC3=S)c2)CC1. The fourth-order valence-corrected chi connectivity index (χ4v) is 4.34. The molecule has 6 nitrogen and oxygen atoms in total. The third-order valence-corrected chi connectivity index (χ3v) is 5.98. The molecule has 0 saturated carbocycles. The summed E-state index contributed by atoms with van der Waals surface area (Å²) in [6.45, 7) is 9.80. The van der Waals surface area contributed by atoms with Crippen molar-refractivity contribution in [3.8, 4) is 5.75 Å². The average Bonchev–Trinajstić information content (AvgIpc) is 3.07. The molecule has 0 aromatic heterocycles. The van der Waals surface area contributed by atoms with Gasteiger partial charge in [-0.25, -0.2) is 0 Å². The smallest absolute Gasteiger partial charge is 0.248 e. The fraction of sp³-hybridized carbons (Fsp3) is 0.417. The van der Waals surface area contributed by atoms with Gasteiger partial charge in [0.15, 0.2) is 5.11 Å². The molecule has 1 amide bonds. The minimum Gasteiger partial charge on any atom is -0.489 e. The van der Waals surface area contributed by atoms with E-state index in [2.05, 4.69) is 71.4 Å². The summed E-state index contributed by atoms with van der Waals surface area (Å²) in [7, 11) is 0. The summed E-state index contributed by atoms with van der Waals surface area (Å²) in [6.07, 6.45) is 0.163. The molecular weight excluding hydrogens is 408 g/mol. The first-order chi connectivity index (χ1) is 15.0. The van der Waals surface area contributed by atoms with E-state index in [-0.39, 0.29) is 12.0 Å². The van der Waals surface area contributed by atoms with E-state index in [0.29, 0.717) is 18.2 Å². The van der Waals surface area contributed by atoms with Crippen LogP contribution in [0.3, 0.4) is 0 Å². The van der Waals surface area contributed by atoms with Crippen LogP contribution in [-0.4, -0.2) is 59.6 Å². The van der Waals surface area contributed by atoms with Crippen LogP contribution in [0.1, 0.15) is 25.0 Å². The maximum atomic E-state index is 12.0. The van der Waals surface area contributed by atoms with Crippen LogP contribution in [0, 0.1) is 0 Å². The molecule has 0 atom stereocenters. The van der Waals surface area contributed by atoms with Gasteiger partial charge < -0.3 is 15.0 Å². The highest BCUT2D eigenvalue weighted by Gasteiger charge is 2.25. The first kappa shape index (κ1) is 21.6. The van der Waals surface area contributed by atoms with E-state index in [0.717, 1.165) is 44.0 Å². The fourth-order valence-electron chi connectivity index (χ4n) is 4.10. The van der Waals surface area contributed by atoms with Crippen molar-refractivity contribution < 1.29 is 9.53 Å². The number of amides is 1. The molecule has 2 saturated heterocycles. The van der Waals surface area contributed by atoms with Gasteiger partial charge in [-0.05, 0) is 49.3 Å². The number of carbonyl (C=O) groups is 1. The Morgan fingerprint density at radius 2 is 1.71 bits per heavy atom. The summed E-state index contributed by atoms with van der Waals surface area (Å²) >= 11 is 5.24. The Balaban J connectivity index is 1.34. The molecule has 31 heavy (non-hydrogen) atoms. The third kappa shape index (κ3) is 5.35. The number of nitrogens with zero attached hydrogens (tertiary/aromatic N) is 3. The van der Waals surface area contributed by atoms with Crippen LogP contribution in [0.25, 0.3) is 0 Å². The van der Waals surface area contributed by atoms with E-state index in [1.807, 2.05) is 6.07 Å². The van der Waals surface area contributed by atoms with Gasteiger partial charge in [-0.1, -0.05) is 36.4 Å². The van der Waals surface area contributed by atoms with Crippen LogP contribution in [0.4, 0.5) is 5.69 Å². The van der Waals surface area contributed by atoms with Crippen LogP contribution in [-0.2, 0) is 17.9 Å². The van der Waals surface area contributed by atoms with Gasteiger partial charge in [0, 0.05) is 32.7 Å². The summed E-state index contributed by atoms with van der Waals surface area (Å²) in [5, 5.41) is 3.46. The quantitative estimate of drug-likeness (QED) is 0.671. The molecule has 0 spiro atoms. The molecule has 2 aromatic carbocycles. The molecule has 2 aliphatic heterocycles. The molecule has 2 fully saturated rings. The summed E-state index contributed by atoms with van der Waals surface area (Å²) in [6, 6.07) is 16.8. The molecule has 0 unspecified atom stereocenters.